The molecular formula is C104H88BN3. The van der Waals surface area contributed by atoms with Gasteiger partial charge >= 0.3 is 0 Å². The Balaban J connectivity index is 1.03. The fourth-order valence-corrected chi connectivity index (χ4v) is 17.8. The molecule has 0 aliphatic carbocycles. The minimum atomic E-state index is -0.291. The van der Waals surface area contributed by atoms with Gasteiger partial charge in [-0.2, -0.15) is 0 Å². The number of para-hydroxylation sites is 2. The molecule has 108 heavy (non-hydrogen) atoms. The predicted octanol–water partition coefficient (Wildman–Crippen LogP) is 27.0. The second-order valence-electron chi connectivity index (χ2n) is 34.5. The van der Waals surface area contributed by atoms with Crippen LogP contribution in [0.25, 0.3) is 127 Å². The summed E-state index contributed by atoms with van der Waals surface area (Å²) in [5, 5.41) is 10.2. The molecule has 16 aromatic carbocycles. The maximum absolute atomic E-state index is 2.74. The first-order valence-corrected chi connectivity index (χ1v) is 38.6. The minimum absolute atomic E-state index is 0.0743. The van der Waals surface area contributed by atoms with Gasteiger partial charge in [0.1, 0.15) is 0 Å². The number of nitrogens with zero attached hydrogens (tertiary/aromatic N) is 3. The van der Waals surface area contributed by atoms with Gasteiger partial charge in [0.15, 0.2) is 0 Å². The van der Waals surface area contributed by atoms with Crippen molar-refractivity contribution in [2.45, 2.75) is 105 Å². The average Bonchev–Trinajstić information content (AvgIpc) is 0.782. The number of hydrogen-bond acceptors (Lipinski definition) is 2. The Morgan fingerprint density at radius 1 is 0.241 bits per heavy atom. The van der Waals surface area contributed by atoms with Crippen LogP contribution in [0.4, 0.5) is 34.1 Å². The first kappa shape index (κ1) is 66.7. The van der Waals surface area contributed by atoms with Crippen molar-refractivity contribution in [3.8, 4) is 72.4 Å². The van der Waals surface area contributed by atoms with Crippen molar-refractivity contribution in [1.82, 2.24) is 4.57 Å². The Morgan fingerprint density at radius 3 is 1.09 bits per heavy atom. The number of aromatic nitrogens is 1. The molecule has 522 valence electrons. The van der Waals surface area contributed by atoms with E-state index in [-0.39, 0.29) is 28.4 Å². The second kappa shape index (κ2) is 24.8. The highest BCUT2D eigenvalue weighted by molar-refractivity contribution is 7.00. The van der Waals surface area contributed by atoms with E-state index in [1.165, 1.54) is 92.9 Å². The summed E-state index contributed by atoms with van der Waals surface area (Å²) in [5.41, 5.74) is 32.4. The molecule has 0 bridgehead atoms. The number of anilines is 6. The van der Waals surface area contributed by atoms with Crippen LogP contribution in [-0.2, 0) is 21.7 Å². The Hall–Kier alpha value is -12.0. The zero-order chi connectivity index (χ0) is 73.9. The molecule has 3 heterocycles. The van der Waals surface area contributed by atoms with Crippen LogP contribution in [0.5, 0.6) is 0 Å². The van der Waals surface area contributed by atoms with Crippen molar-refractivity contribution < 1.29 is 0 Å². The number of benzene rings is 16. The van der Waals surface area contributed by atoms with Gasteiger partial charge < -0.3 is 14.4 Å². The highest BCUT2D eigenvalue weighted by Gasteiger charge is 2.47. The maximum Gasteiger partial charge on any atom is 0.252 e. The van der Waals surface area contributed by atoms with Crippen LogP contribution in [0.15, 0.2) is 315 Å². The molecule has 0 fully saturated rings. The summed E-state index contributed by atoms with van der Waals surface area (Å²) >= 11 is 0. The van der Waals surface area contributed by atoms with E-state index in [0.717, 1.165) is 106 Å². The van der Waals surface area contributed by atoms with Gasteiger partial charge in [-0.15, -0.1) is 0 Å². The van der Waals surface area contributed by atoms with Crippen molar-refractivity contribution in [1.29, 1.82) is 0 Å². The van der Waals surface area contributed by atoms with Crippen molar-refractivity contribution >= 4 is 111 Å². The Bertz CT molecular complexity index is 6260. The molecule has 17 aromatic rings. The maximum atomic E-state index is 2.74. The van der Waals surface area contributed by atoms with Gasteiger partial charge in [-0.1, -0.05) is 326 Å². The predicted molar refractivity (Wildman–Crippen MR) is 466 cm³/mol. The first-order valence-electron chi connectivity index (χ1n) is 38.6. The van der Waals surface area contributed by atoms with Gasteiger partial charge in [-0.25, -0.2) is 0 Å². The van der Waals surface area contributed by atoms with E-state index in [1.807, 2.05) is 0 Å². The first-order chi connectivity index (χ1) is 52.1. The smallest absolute Gasteiger partial charge is 0.252 e. The van der Waals surface area contributed by atoms with Crippen LogP contribution in [0.1, 0.15) is 105 Å². The van der Waals surface area contributed by atoms with E-state index in [2.05, 4.69) is 413 Å². The molecule has 0 spiro atoms. The molecule has 2 aliphatic heterocycles. The van der Waals surface area contributed by atoms with Gasteiger partial charge in [0.25, 0.3) is 6.71 Å². The van der Waals surface area contributed by atoms with Crippen LogP contribution in [0.3, 0.4) is 0 Å². The van der Waals surface area contributed by atoms with Crippen molar-refractivity contribution in [2.75, 3.05) is 9.80 Å². The normalized spacial score (nSPS) is 13.1. The second-order valence-corrected chi connectivity index (χ2v) is 34.5. The summed E-state index contributed by atoms with van der Waals surface area (Å²) in [6.45, 7) is 28.0. The summed E-state index contributed by atoms with van der Waals surface area (Å²) in [7, 11) is 0. The van der Waals surface area contributed by atoms with Crippen LogP contribution < -0.4 is 26.2 Å². The molecule has 0 atom stereocenters. The van der Waals surface area contributed by atoms with Crippen molar-refractivity contribution in [3.05, 3.63) is 338 Å². The summed E-state index contributed by atoms with van der Waals surface area (Å²) in [6, 6.07) is 122. The third-order valence-electron chi connectivity index (χ3n) is 23.4. The topological polar surface area (TPSA) is 11.4 Å². The van der Waals surface area contributed by atoms with Gasteiger partial charge in [0, 0.05) is 55.8 Å². The van der Waals surface area contributed by atoms with Gasteiger partial charge in [-0.05, 0) is 210 Å². The molecular weight excluding hydrogens is 1300 g/mol. The molecule has 3 nitrogen and oxygen atoms in total. The van der Waals surface area contributed by atoms with Crippen LogP contribution in [0.2, 0.25) is 0 Å². The third kappa shape index (κ3) is 10.9. The van der Waals surface area contributed by atoms with Crippen LogP contribution in [-0.4, -0.2) is 11.3 Å². The lowest BCUT2D eigenvalue weighted by atomic mass is 9.33. The zero-order valence-electron chi connectivity index (χ0n) is 63.9. The van der Waals surface area contributed by atoms with E-state index in [4.69, 9.17) is 0 Å². The molecule has 0 saturated heterocycles. The van der Waals surface area contributed by atoms with Crippen LogP contribution >= 0.6 is 0 Å². The summed E-state index contributed by atoms with van der Waals surface area (Å²) in [4.78, 5) is 5.48. The number of rotatable bonds is 9. The minimum Gasteiger partial charge on any atom is -0.310 e. The molecule has 4 heteroatoms. The summed E-state index contributed by atoms with van der Waals surface area (Å²) in [6.07, 6.45) is 0. The van der Waals surface area contributed by atoms with Crippen LogP contribution in [0, 0.1) is 0 Å². The van der Waals surface area contributed by atoms with Crippen molar-refractivity contribution in [2.24, 2.45) is 0 Å². The summed E-state index contributed by atoms with van der Waals surface area (Å²) < 4.78 is 2.56. The lowest BCUT2D eigenvalue weighted by Crippen LogP contribution is -2.61. The molecule has 1 aromatic heterocycles. The largest absolute Gasteiger partial charge is 0.310 e. The molecule has 0 amide bonds. The molecule has 19 rings (SSSR count). The highest BCUT2D eigenvalue weighted by Crippen LogP contribution is 2.56. The molecule has 0 N–H and O–H groups in total. The van der Waals surface area contributed by atoms with E-state index in [9.17, 15) is 0 Å². The van der Waals surface area contributed by atoms with E-state index in [1.54, 1.807) is 0 Å². The summed E-state index contributed by atoms with van der Waals surface area (Å²) in [5.74, 6) is 0. The Kier molecular flexibility index (Phi) is 15.3. The quantitative estimate of drug-likeness (QED) is 0.105. The Morgan fingerprint density at radius 2 is 0.630 bits per heavy atom. The van der Waals surface area contributed by atoms with E-state index in [0.29, 0.717) is 0 Å². The monoisotopic (exact) mass is 1390 g/mol. The standard InChI is InChI=1S/C104H88BN3/c1-101(2,3)75-52-72-46-47-73-53-76(102(4,5)6)62-87-82(55-74(54-75)96(72)97(73)87)71-49-51-92-89(56-71)105-88-50-48-70(65-32-18-13-19-33-65)57-93(88)108(100-85(68-38-24-16-25-39-68)60-78(104(10,11)12)61-86(100)69-40-26-17-27-41-69)95-64-79(106-90-44-30-28-42-80(90)81-43-29-31-45-91(81)106)63-94(98(95)105)107(92)99-83(66-34-20-14-21-35-66)58-77(103(7,8)9)59-84(99)67-36-22-15-23-37-67/h13-64H,1-12H3. The Labute approximate surface area is 636 Å². The highest BCUT2D eigenvalue weighted by atomic mass is 15.2. The average molecular weight is 1390 g/mol. The lowest BCUT2D eigenvalue weighted by Gasteiger charge is -2.46. The van der Waals surface area contributed by atoms with E-state index >= 15 is 0 Å². The molecule has 0 radical (unpaired) electrons. The fourth-order valence-electron chi connectivity index (χ4n) is 17.8. The van der Waals surface area contributed by atoms with Crippen molar-refractivity contribution in [3.63, 3.8) is 0 Å². The fraction of sp³-hybridized carbons (Fsp3) is 0.154. The third-order valence-corrected chi connectivity index (χ3v) is 23.4. The zero-order valence-corrected chi connectivity index (χ0v) is 63.9. The SMILES string of the molecule is CC(C)(C)c1cc(-c2ccccc2)c(N2c3ccc(-c4cc5cc(C(C)(C)C)cc6ccc7cc(C(C)(C)C)cc4c7c65)cc3B3c4ccc(-c5ccccc5)cc4N(c4c(-c5ccccc5)cc(C(C)(C)C)cc4-c4ccccc4)c4cc(-n5c6ccccc6c6ccccc65)cc2c43)c(-c2ccccc2)c1. The lowest BCUT2D eigenvalue weighted by molar-refractivity contribution is 0.590. The molecule has 2 aliphatic rings. The molecule has 0 unspecified atom stereocenters. The molecule has 0 saturated carbocycles. The van der Waals surface area contributed by atoms with E-state index < -0.39 is 0 Å². The van der Waals surface area contributed by atoms with Gasteiger partial charge in [0.05, 0.1) is 28.1 Å². The number of fused-ring (bicyclic) bond motifs is 7. The van der Waals surface area contributed by atoms with Gasteiger partial charge in [-0.3, -0.25) is 0 Å². The number of hydrogen-bond donors (Lipinski definition) is 0. The van der Waals surface area contributed by atoms with Gasteiger partial charge in [0.2, 0.25) is 0 Å².